The molecule has 22 heavy (non-hydrogen) atoms. The largest absolute Gasteiger partial charge is 0.355 e. The molecule has 2 N–H and O–H groups in total. The highest BCUT2D eigenvalue weighted by atomic mass is 32.2. The molecule has 1 aliphatic carbocycles. The van der Waals surface area contributed by atoms with Crippen LogP contribution in [-0.2, 0) is 0 Å². The summed E-state index contributed by atoms with van der Waals surface area (Å²) < 4.78 is 0. The second-order valence-electron chi connectivity index (χ2n) is 6.58. The highest BCUT2D eigenvalue weighted by Crippen LogP contribution is 2.29. The summed E-state index contributed by atoms with van der Waals surface area (Å²) in [7, 11) is 6.30. The van der Waals surface area contributed by atoms with Gasteiger partial charge in [-0.1, -0.05) is 6.92 Å². The van der Waals surface area contributed by atoms with E-state index in [1.54, 1.807) is 0 Å². The molecule has 3 unspecified atom stereocenters. The Kier molecular flexibility index (Phi) is 7.31. The summed E-state index contributed by atoms with van der Waals surface area (Å²) in [4.78, 5) is 9.26. The SMILES string of the molecule is CCSC1CCC(NC(=NC)NCC2CN(C)CCN2C)C1. The normalized spacial score (nSPS) is 31.5. The van der Waals surface area contributed by atoms with Crippen LogP contribution < -0.4 is 10.6 Å². The van der Waals surface area contributed by atoms with Crippen molar-refractivity contribution in [2.75, 3.05) is 53.1 Å². The smallest absolute Gasteiger partial charge is 0.191 e. The Morgan fingerprint density at radius 1 is 1.27 bits per heavy atom. The van der Waals surface area contributed by atoms with Crippen LogP contribution >= 0.6 is 11.8 Å². The highest BCUT2D eigenvalue weighted by molar-refractivity contribution is 7.99. The van der Waals surface area contributed by atoms with Gasteiger partial charge < -0.3 is 15.5 Å². The Morgan fingerprint density at radius 2 is 2.09 bits per heavy atom. The molecule has 0 aromatic heterocycles. The fourth-order valence-electron chi connectivity index (χ4n) is 3.38. The second-order valence-corrected chi connectivity index (χ2v) is 8.16. The first-order valence-corrected chi connectivity index (χ1v) is 9.64. The molecule has 0 radical (unpaired) electrons. The molecule has 1 heterocycles. The van der Waals surface area contributed by atoms with Gasteiger partial charge >= 0.3 is 0 Å². The number of thioether (sulfide) groups is 1. The van der Waals surface area contributed by atoms with Crippen molar-refractivity contribution in [1.82, 2.24) is 20.4 Å². The van der Waals surface area contributed by atoms with Crippen LogP contribution in [0.5, 0.6) is 0 Å². The van der Waals surface area contributed by atoms with Crippen LogP contribution in [0.2, 0.25) is 0 Å². The molecule has 0 bridgehead atoms. The second kappa shape index (κ2) is 8.99. The molecule has 0 spiro atoms. The molecule has 2 rings (SSSR count). The zero-order valence-electron chi connectivity index (χ0n) is 14.6. The maximum Gasteiger partial charge on any atom is 0.191 e. The molecule has 128 valence electrons. The van der Waals surface area contributed by atoms with Gasteiger partial charge in [-0.2, -0.15) is 11.8 Å². The number of nitrogens with zero attached hydrogens (tertiary/aromatic N) is 3. The number of nitrogens with one attached hydrogen (secondary N) is 2. The Bertz CT molecular complexity index is 362. The molecule has 2 aliphatic rings. The standard InChI is InChI=1S/C16H33N5S/c1-5-22-15-7-6-13(10-15)19-16(17-2)18-11-14-12-20(3)8-9-21(14)4/h13-15H,5-12H2,1-4H3,(H2,17,18,19). The van der Waals surface area contributed by atoms with Gasteiger partial charge in [-0.15, -0.1) is 0 Å². The topological polar surface area (TPSA) is 42.9 Å². The van der Waals surface area contributed by atoms with Crippen LogP contribution in [0.15, 0.2) is 4.99 Å². The van der Waals surface area contributed by atoms with Crippen molar-refractivity contribution >= 4 is 17.7 Å². The molecule has 1 aliphatic heterocycles. The lowest BCUT2D eigenvalue weighted by molar-refractivity contribution is 0.116. The predicted molar refractivity (Wildman–Crippen MR) is 98.0 cm³/mol. The van der Waals surface area contributed by atoms with Gasteiger partial charge in [0.05, 0.1) is 0 Å². The maximum atomic E-state index is 4.41. The van der Waals surface area contributed by atoms with Crippen LogP contribution in [0.3, 0.4) is 0 Å². The van der Waals surface area contributed by atoms with Crippen LogP contribution in [0.25, 0.3) is 0 Å². The molecule has 3 atom stereocenters. The number of guanidine groups is 1. The maximum absolute atomic E-state index is 4.41. The van der Waals surface area contributed by atoms with E-state index in [1.165, 1.54) is 31.6 Å². The van der Waals surface area contributed by atoms with E-state index in [2.05, 4.69) is 58.2 Å². The van der Waals surface area contributed by atoms with Gasteiger partial charge in [0, 0.05) is 50.6 Å². The van der Waals surface area contributed by atoms with Crippen molar-refractivity contribution in [1.29, 1.82) is 0 Å². The lowest BCUT2D eigenvalue weighted by Gasteiger charge is -2.38. The van der Waals surface area contributed by atoms with Crippen molar-refractivity contribution in [2.45, 2.75) is 43.5 Å². The molecule has 2 fully saturated rings. The Labute approximate surface area is 140 Å². The summed E-state index contributed by atoms with van der Waals surface area (Å²) in [6, 6.07) is 1.14. The summed E-state index contributed by atoms with van der Waals surface area (Å²) in [6.45, 7) is 6.65. The van der Waals surface area contributed by atoms with Crippen LogP contribution in [0.1, 0.15) is 26.2 Å². The minimum absolute atomic E-state index is 0.560. The lowest BCUT2D eigenvalue weighted by Crippen LogP contribution is -2.55. The summed E-state index contributed by atoms with van der Waals surface area (Å²) in [5.74, 6) is 2.19. The van der Waals surface area contributed by atoms with Gasteiger partial charge in [0.15, 0.2) is 5.96 Å². The van der Waals surface area contributed by atoms with E-state index in [1.807, 2.05) is 7.05 Å². The summed E-state index contributed by atoms with van der Waals surface area (Å²) in [5.41, 5.74) is 0. The van der Waals surface area contributed by atoms with Crippen molar-refractivity contribution in [2.24, 2.45) is 4.99 Å². The quantitative estimate of drug-likeness (QED) is 0.584. The summed E-state index contributed by atoms with van der Waals surface area (Å²) in [5, 5.41) is 7.97. The third kappa shape index (κ3) is 5.32. The third-order valence-corrected chi connectivity index (χ3v) is 6.07. The predicted octanol–water partition coefficient (Wildman–Crippen LogP) is 1.07. The summed E-state index contributed by atoms with van der Waals surface area (Å²) in [6.07, 6.45) is 3.87. The van der Waals surface area contributed by atoms with Gasteiger partial charge in [0.1, 0.15) is 0 Å². The van der Waals surface area contributed by atoms with E-state index in [0.717, 1.165) is 30.8 Å². The molecule has 1 saturated heterocycles. The van der Waals surface area contributed by atoms with Crippen molar-refractivity contribution in [3.05, 3.63) is 0 Å². The highest BCUT2D eigenvalue weighted by Gasteiger charge is 2.26. The van der Waals surface area contributed by atoms with E-state index >= 15 is 0 Å². The zero-order valence-corrected chi connectivity index (χ0v) is 15.5. The third-order valence-electron chi connectivity index (χ3n) is 4.84. The van der Waals surface area contributed by atoms with Gasteiger partial charge in [-0.3, -0.25) is 9.89 Å². The molecular weight excluding hydrogens is 294 g/mol. The zero-order chi connectivity index (χ0) is 15.9. The molecular formula is C16H33N5S. The van der Waals surface area contributed by atoms with Gasteiger partial charge in [0.25, 0.3) is 0 Å². The minimum Gasteiger partial charge on any atom is -0.355 e. The van der Waals surface area contributed by atoms with Crippen LogP contribution in [-0.4, -0.2) is 86.2 Å². The first-order chi connectivity index (χ1) is 10.6. The molecule has 6 heteroatoms. The first-order valence-electron chi connectivity index (χ1n) is 8.60. The number of hydrogen-bond acceptors (Lipinski definition) is 4. The molecule has 5 nitrogen and oxygen atoms in total. The molecule has 0 aromatic rings. The van der Waals surface area contributed by atoms with Crippen molar-refractivity contribution in [3.63, 3.8) is 0 Å². The number of rotatable bonds is 5. The number of likely N-dealkylation sites (N-methyl/N-ethyl adjacent to an activating group) is 2. The fourth-order valence-corrected chi connectivity index (χ4v) is 4.53. The molecule has 0 amide bonds. The monoisotopic (exact) mass is 327 g/mol. The average molecular weight is 328 g/mol. The lowest BCUT2D eigenvalue weighted by atomic mass is 10.2. The molecule has 1 saturated carbocycles. The number of aliphatic imine (C=N–C) groups is 1. The summed E-state index contributed by atoms with van der Waals surface area (Å²) >= 11 is 2.10. The number of piperazine rings is 1. The Morgan fingerprint density at radius 3 is 2.82 bits per heavy atom. The van der Waals surface area contributed by atoms with Crippen LogP contribution in [0, 0.1) is 0 Å². The van der Waals surface area contributed by atoms with Crippen molar-refractivity contribution < 1.29 is 0 Å². The van der Waals surface area contributed by atoms with E-state index in [0.29, 0.717) is 12.1 Å². The first kappa shape index (κ1) is 17.9. The van der Waals surface area contributed by atoms with E-state index < -0.39 is 0 Å². The van der Waals surface area contributed by atoms with E-state index in [9.17, 15) is 0 Å². The van der Waals surface area contributed by atoms with E-state index in [4.69, 9.17) is 0 Å². The Balaban J connectivity index is 1.73. The Hall–Kier alpha value is -0.460. The average Bonchev–Trinajstić information content (AvgIpc) is 2.94. The fraction of sp³-hybridized carbons (Fsp3) is 0.938. The molecule has 0 aromatic carbocycles. The van der Waals surface area contributed by atoms with E-state index in [-0.39, 0.29) is 0 Å². The van der Waals surface area contributed by atoms with Crippen molar-refractivity contribution in [3.8, 4) is 0 Å². The minimum atomic E-state index is 0.560. The van der Waals surface area contributed by atoms with Gasteiger partial charge in [0.2, 0.25) is 0 Å². The van der Waals surface area contributed by atoms with Gasteiger partial charge in [-0.05, 0) is 39.1 Å². The van der Waals surface area contributed by atoms with Gasteiger partial charge in [-0.25, -0.2) is 0 Å². The number of hydrogen-bond donors (Lipinski definition) is 2. The van der Waals surface area contributed by atoms with Crippen LogP contribution in [0.4, 0.5) is 0 Å².